The molecule has 1 aromatic carbocycles. The van der Waals surface area contributed by atoms with E-state index in [-0.39, 0.29) is 35.3 Å². The Bertz CT molecular complexity index is 1280. The fraction of sp³-hybridized carbons (Fsp3) is 0.462. The largest absolute Gasteiger partial charge is 0.394 e. The fourth-order valence-electron chi connectivity index (χ4n) is 6.51. The van der Waals surface area contributed by atoms with Crippen LogP contribution in [0.5, 0.6) is 0 Å². The van der Waals surface area contributed by atoms with Crippen molar-refractivity contribution in [1.82, 2.24) is 20.2 Å². The van der Waals surface area contributed by atoms with Gasteiger partial charge in [-0.15, -0.1) is 5.10 Å². The van der Waals surface area contributed by atoms with Gasteiger partial charge in [-0.2, -0.15) is 5.10 Å². The number of aliphatic hydroxyl groups excluding tert-OH is 1. The lowest BCUT2D eigenvalue weighted by molar-refractivity contribution is 0.00311. The van der Waals surface area contributed by atoms with E-state index in [1.165, 1.54) is 18.2 Å². The number of rotatable bonds is 4. The van der Waals surface area contributed by atoms with Gasteiger partial charge in [0, 0.05) is 19.3 Å². The van der Waals surface area contributed by atoms with Crippen LogP contribution >= 0.6 is 0 Å². The lowest BCUT2D eigenvalue weighted by Crippen LogP contribution is -2.45. The first kappa shape index (κ1) is 22.4. The second-order valence-electron chi connectivity index (χ2n) is 10.2. The minimum atomic E-state index is -0.650. The molecule has 0 radical (unpaired) electrons. The highest BCUT2D eigenvalue weighted by atomic mass is 19.1. The number of halogens is 2. The first-order valence-electron chi connectivity index (χ1n) is 12.0. The third-order valence-electron chi connectivity index (χ3n) is 8.31. The Morgan fingerprint density at radius 2 is 1.97 bits per heavy atom. The Hall–Kier alpha value is -3.04. The molecule has 2 aromatic heterocycles. The normalized spacial score (nSPS) is 26.7. The van der Waals surface area contributed by atoms with Crippen LogP contribution in [0.4, 0.5) is 14.7 Å². The topological polar surface area (TPSA) is 84.3 Å². The average Bonchev–Trinajstić information content (AvgIpc) is 3.25. The molecule has 182 valence electrons. The van der Waals surface area contributed by atoms with Crippen molar-refractivity contribution in [3.05, 3.63) is 65.1 Å². The zero-order valence-electron chi connectivity index (χ0n) is 19.7. The molecule has 3 aliphatic rings. The van der Waals surface area contributed by atoms with E-state index in [2.05, 4.69) is 29.0 Å². The third kappa shape index (κ3) is 3.14. The third-order valence-corrected chi connectivity index (χ3v) is 8.31. The Morgan fingerprint density at radius 3 is 2.74 bits per heavy atom. The van der Waals surface area contributed by atoms with E-state index >= 15 is 0 Å². The summed E-state index contributed by atoms with van der Waals surface area (Å²) in [5.74, 6) is -0.529. The van der Waals surface area contributed by atoms with Crippen LogP contribution in [0.1, 0.15) is 49.6 Å². The van der Waals surface area contributed by atoms with Crippen LogP contribution in [-0.4, -0.2) is 57.7 Å². The first-order valence-corrected chi connectivity index (χ1v) is 12.0. The van der Waals surface area contributed by atoms with Crippen LogP contribution in [-0.2, 0) is 10.2 Å². The van der Waals surface area contributed by atoms with Gasteiger partial charge in [0.2, 0.25) is 5.95 Å². The van der Waals surface area contributed by atoms with Crippen molar-refractivity contribution in [3.8, 4) is 11.3 Å². The van der Waals surface area contributed by atoms with Crippen LogP contribution in [0, 0.1) is 17.0 Å². The molecule has 3 aromatic rings. The van der Waals surface area contributed by atoms with E-state index in [0.717, 1.165) is 29.8 Å². The molecule has 2 aliphatic carbocycles. The Kier molecular flexibility index (Phi) is 5.12. The quantitative estimate of drug-likeness (QED) is 0.612. The molecule has 7 nitrogen and oxygen atoms in total. The smallest absolute Gasteiger partial charge is 0.225 e. The number of nitrogens with zero attached hydrogens (tertiary/aromatic N) is 5. The van der Waals surface area contributed by atoms with Gasteiger partial charge < -0.3 is 14.7 Å². The second kappa shape index (κ2) is 7.99. The highest BCUT2D eigenvalue weighted by Gasteiger charge is 2.65. The highest BCUT2D eigenvalue weighted by molar-refractivity contribution is 5.64. The van der Waals surface area contributed by atoms with Crippen molar-refractivity contribution in [3.63, 3.8) is 0 Å². The van der Waals surface area contributed by atoms with E-state index in [4.69, 9.17) is 9.72 Å². The molecule has 2 fully saturated rings. The summed E-state index contributed by atoms with van der Waals surface area (Å²) in [6.07, 6.45) is 3.29. The highest BCUT2D eigenvalue weighted by Crippen LogP contribution is 2.69. The first-order chi connectivity index (χ1) is 16.9. The van der Waals surface area contributed by atoms with Crippen molar-refractivity contribution in [1.29, 1.82) is 0 Å². The van der Waals surface area contributed by atoms with Crippen molar-refractivity contribution >= 4 is 5.95 Å². The predicted molar refractivity (Wildman–Crippen MR) is 125 cm³/mol. The van der Waals surface area contributed by atoms with Crippen LogP contribution in [0.25, 0.3) is 11.3 Å². The Balaban J connectivity index is 1.45. The van der Waals surface area contributed by atoms with Crippen molar-refractivity contribution in [2.45, 2.75) is 44.1 Å². The number of fused-ring (bicyclic) bond motifs is 5. The van der Waals surface area contributed by atoms with Crippen molar-refractivity contribution < 1.29 is 18.6 Å². The minimum absolute atomic E-state index is 0.0528. The predicted octanol–water partition coefficient (Wildman–Crippen LogP) is 3.61. The average molecular weight is 480 g/mol. The number of hydrogen-bond donors (Lipinski definition) is 1. The second-order valence-corrected chi connectivity index (χ2v) is 10.2. The van der Waals surface area contributed by atoms with Crippen LogP contribution < -0.4 is 4.90 Å². The number of hydrogen-bond acceptors (Lipinski definition) is 7. The SMILES string of the molecule is CC1(C)[C@H]2CC[C@@]1(c1ccnc(N3CCO[C@H](CO)C3)n1)c1nnc(-c3c(F)cccc3F)cc12. The van der Waals surface area contributed by atoms with Gasteiger partial charge in [0.25, 0.3) is 0 Å². The standard InChI is InChI=1S/C26H27F2N5O2/c1-25(2)17-6-8-26(25,21-7-9-29-24(30-21)33-10-11-35-15(13-33)14-34)23-16(17)12-20(31-32-23)22-18(27)4-3-5-19(22)28/h3-5,7,9,12,15,17,34H,6,8,10-11,13-14H2,1-2H3/t15-,17-,26+/m0/s1. The maximum Gasteiger partial charge on any atom is 0.225 e. The van der Waals surface area contributed by atoms with E-state index in [9.17, 15) is 13.9 Å². The number of morpholine rings is 1. The van der Waals surface area contributed by atoms with Gasteiger partial charge in [-0.05, 0) is 54.0 Å². The van der Waals surface area contributed by atoms with Crippen LogP contribution in [0.2, 0.25) is 0 Å². The van der Waals surface area contributed by atoms with Gasteiger partial charge in [-0.25, -0.2) is 18.7 Å². The monoisotopic (exact) mass is 479 g/mol. The molecule has 35 heavy (non-hydrogen) atoms. The van der Waals surface area contributed by atoms with Crippen LogP contribution in [0.3, 0.4) is 0 Å². The van der Waals surface area contributed by atoms with Gasteiger partial charge in [-0.3, -0.25) is 0 Å². The summed E-state index contributed by atoms with van der Waals surface area (Å²) in [5, 5.41) is 18.4. The summed E-state index contributed by atoms with van der Waals surface area (Å²) < 4.78 is 34.6. The lowest BCUT2D eigenvalue weighted by atomic mass is 9.66. The molecule has 1 saturated heterocycles. The molecule has 0 spiro atoms. The van der Waals surface area contributed by atoms with Gasteiger partial charge in [0.05, 0.1) is 47.4 Å². The summed E-state index contributed by atoms with van der Waals surface area (Å²) >= 11 is 0. The van der Waals surface area contributed by atoms with E-state index in [0.29, 0.717) is 25.6 Å². The number of aliphatic hydroxyl groups is 1. The number of benzene rings is 1. The van der Waals surface area contributed by atoms with Crippen LogP contribution in [0.15, 0.2) is 36.5 Å². The molecule has 1 N–H and O–H groups in total. The summed E-state index contributed by atoms with van der Waals surface area (Å²) in [5.41, 5.74) is 2.06. The zero-order valence-corrected chi connectivity index (χ0v) is 19.7. The van der Waals surface area contributed by atoms with Gasteiger partial charge in [-0.1, -0.05) is 19.9 Å². The summed E-state index contributed by atoms with van der Waals surface area (Å²) in [7, 11) is 0. The molecule has 1 aliphatic heterocycles. The molecule has 3 atom stereocenters. The maximum absolute atomic E-state index is 14.5. The summed E-state index contributed by atoms with van der Waals surface area (Å²) in [6.45, 7) is 6.05. The van der Waals surface area contributed by atoms with Gasteiger partial charge in [0.1, 0.15) is 11.6 Å². The molecular formula is C26H27F2N5O2. The van der Waals surface area contributed by atoms with E-state index < -0.39 is 17.0 Å². The molecule has 0 unspecified atom stereocenters. The van der Waals surface area contributed by atoms with Crippen molar-refractivity contribution in [2.75, 3.05) is 31.2 Å². The van der Waals surface area contributed by atoms with Gasteiger partial charge in [0.15, 0.2) is 0 Å². The molecule has 3 heterocycles. The molecule has 0 amide bonds. The summed E-state index contributed by atoms with van der Waals surface area (Å²) in [6, 6.07) is 7.57. The summed E-state index contributed by atoms with van der Waals surface area (Å²) in [4.78, 5) is 11.6. The molecule has 9 heteroatoms. The minimum Gasteiger partial charge on any atom is -0.394 e. The van der Waals surface area contributed by atoms with Crippen molar-refractivity contribution in [2.24, 2.45) is 5.41 Å². The maximum atomic E-state index is 14.5. The molecule has 2 bridgehead atoms. The van der Waals surface area contributed by atoms with E-state index in [1.54, 1.807) is 6.20 Å². The molecule has 1 saturated carbocycles. The lowest BCUT2D eigenvalue weighted by Gasteiger charge is -2.38. The number of aromatic nitrogens is 4. The van der Waals surface area contributed by atoms with Gasteiger partial charge >= 0.3 is 0 Å². The zero-order chi connectivity index (χ0) is 24.4. The molecular weight excluding hydrogens is 452 g/mol. The fourth-order valence-corrected chi connectivity index (χ4v) is 6.51. The number of anilines is 1. The Morgan fingerprint density at radius 1 is 1.17 bits per heavy atom. The molecule has 6 rings (SSSR count). The van der Waals surface area contributed by atoms with E-state index in [1.807, 2.05) is 17.0 Å². The number of ether oxygens (including phenoxy) is 1. The Labute approximate surface area is 202 Å².